The fourth-order valence-corrected chi connectivity index (χ4v) is 3.23. The molecule has 5 heteroatoms. The molecule has 1 fully saturated rings. The van der Waals surface area contributed by atoms with Gasteiger partial charge in [-0.15, -0.1) is 11.3 Å². The van der Waals surface area contributed by atoms with Gasteiger partial charge in [-0.05, 0) is 31.1 Å². The monoisotopic (exact) mass is 299 g/mol. The Kier molecular flexibility index (Phi) is 5.43. The molecule has 1 saturated carbocycles. The van der Waals surface area contributed by atoms with Crippen LogP contribution in [0.1, 0.15) is 37.0 Å². The van der Waals surface area contributed by atoms with Gasteiger partial charge in [-0.1, -0.05) is 30.9 Å². The molecule has 0 saturated heterocycles. The van der Waals surface area contributed by atoms with Crippen LogP contribution in [0.4, 0.5) is 0 Å². The van der Waals surface area contributed by atoms with Gasteiger partial charge in [-0.3, -0.25) is 4.79 Å². The summed E-state index contributed by atoms with van der Waals surface area (Å²) in [6, 6.07) is 3.56. The summed E-state index contributed by atoms with van der Waals surface area (Å²) < 4.78 is 0.708. The highest BCUT2D eigenvalue weighted by Gasteiger charge is 2.22. The molecule has 0 aromatic carbocycles. The minimum atomic E-state index is -0.420. The molecule has 3 nitrogen and oxygen atoms in total. The van der Waals surface area contributed by atoms with Crippen LogP contribution in [0.5, 0.6) is 0 Å². The molecule has 0 aliphatic heterocycles. The first-order chi connectivity index (χ1) is 9.15. The van der Waals surface area contributed by atoms with E-state index in [1.165, 1.54) is 17.4 Å². The molecule has 2 atom stereocenters. The summed E-state index contributed by atoms with van der Waals surface area (Å²) in [7, 11) is 0. The Hall–Kier alpha value is -0.840. The van der Waals surface area contributed by atoms with E-state index in [-0.39, 0.29) is 11.9 Å². The van der Waals surface area contributed by atoms with Crippen LogP contribution in [0.3, 0.4) is 0 Å². The average molecular weight is 300 g/mol. The van der Waals surface area contributed by atoms with Gasteiger partial charge < -0.3 is 10.4 Å². The van der Waals surface area contributed by atoms with Crippen LogP contribution in [0.2, 0.25) is 4.34 Å². The number of halogens is 1. The Morgan fingerprint density at radius 1 is 1.37 bits per heavy atom. The third-order valence-electron chi connectivity index (χ3n) is 3.30. The lowest BCUT2D eigenvalue weighted by Crippen LogP contribution is -2.41. The van der Waals surface area contributed by atoms with E-state index in [4.69, 9.17) is 11.6 Å². The van der Waals surface area contributed by atoms with E-state index in [0.29, 0.717) is 4.34 Å². The zero-order chi connectivity index (χ0) is 13.7. The van der Waals surface area contributed by atoms with E-state index in [9.17, 15) is 9.90 Å². The second kappa shape index (κ2) is 7.08. The number of hydrogen-bond acceptors (Lipinski definition) is 3. The number of nitrogens with one attached hydrogen (secondary N) is 1. The molecule has 1 amide bonds. The lowest BCUT2D eigenvalue weighted by Gasteiger charge is -2.20. The maximum absolute atomic E-state index is 11.8. The van der Waals surface area contributed by atoms with Gasteiger partial charge in [0.05, 0.1) is 16.5 Å². The van der Waals surface area contributed by atoms with E-state index < -0.39 is 6.10 Å². The summed E-state index contributed by atoms with van der Waals surface area (Å²) >= 11 is 7.25. The van der Waals surface area contributed by atoms with Crippen molar-refractivity contribution in [3.8, 4) is 0 Å². The van der Waals surface area contributed by atoms with Crippen molar-refractivity contribution in [1.82, 2.24) is 5.32 Å². The van der Waals surface area contributed by atoms with Crippen LogP contribution in [0, 0.1) is 0 Å². The van der Waals surface area contributed by atoms with Crippen molar-refractivity contribution in [2.75, 3.05) is 0 Å². The van der Waals surface area contributed by atoms with Gasteiger partial charge in [0.2, 0.25) is 5.91 Å². The molecule has 1 aromatic heterocycles. The lowest BCUT2D eigenvalue weighted by atomic mass is 10.1. The van der Waals surface area contributed by atoms with E-state index in [2.05, 4.69) is 5.32 Å². The second-order valence-corrected chi connectivity index (χ2v) is 6.54. The fourth-order valence-electron chi connectivity index (χ4n) is 2.26. The summed E-state index contributed by atoms with van der Waals surface area (Å²) in [6.07, 6.45) is 7.68. The Labute approximate surface area is 122 Å². The summed E-state index contributed by atoms with van der Waals surface area (Å²) in [5.41, 5.74) is 0. The maximum Gasteiger partial charge on any atom is 0.244 e. The van der Waals surface area contributed by atoms with Crippen LogP contribution >= 0.6 is 22.9 Å². The molecule has 1 aliphatic carbocycles. The molecule has 0 bridgehead atoms. The molecule has 2 N–H and O–H groups in total. The van der Waals surface area contributed by atoms with Gasteiger partial charge in [0, 0.05) is 11.0 Å². The number of rotatable bonds is 3. The zero-order valence-electron chi connectivity index (χ0n) is 10.6. The van der Waals surface area contributed by atoms with E-state index >= 15 is 0 Å². The largest absolute Gasteiger partial charge is 0.391 e. The molecule has 104 valence electrons. The van der Waals surface area contributed by atoms with Gasteiger partial charge in [-0.25, -0.2) is 0 Å². The molecular formula is C14H18ClNO2S. The third kappa shape index (κ3) is 4.64. The molecule has 1 aliphatic rings. The molecular weight excluding hydrogens is 282 g/mol. The van der Waals surface area contributed by atoms with Crippen molar-refractivity contribution in [3.63, 3.8) is 0 Å². The standard InChI is InChI=1S/C14H18ClNO2S/c15-13-8-6-10(19-13)7-9-14(18)16-11-4-2-1-3-5-12(11)17/h6-9,11-12,17H,1-5H2,(H,16,18)/b9-7+. The summed E-state index contributed by atoms with van der Waals surface area (Å²) in [6.45, 7) is 0. The smallest absolute Gasteiger partial charge is 0.244 e. The van der Waals surface area contributed by atoms with Crippen LogP contribution in [-0.4, -0.2) is 23.2 Å². The summed E-state index contributed by atoms with van der Waals surface area (Å²) in [4.78, 5) is 12.8. The number of thiophene rings is 1. The predicted molar refractivity (Wildman–Crippen MR) is 79.4 cm³/mol. The first-order valence-electron chi connectivity index (χ1n) is 6.57. The molecule has 1 aromatic rings. The lowest BCUT2D eigenvalue weighted by molar-refractivity contribution is -0.118. The van der Waals surface area contributed by atoms with Crippen molar-refractivity contribution in [3.05, 3.63) is 27.4 Å². The highest BCUT2D eigenvalue weighted by molar-refractivity contribution is 7.17. The van der Waals surface area contributed by atoms with E-state index in [0.717, 1.165) is 37.0 Å². The maximum atomic E-state index is 11.8. The van der Waals surface area contributed by atoms with Crippen molar-refractivity contribution >= 4 is 34.9 Å². The zero-order valence-corrected chi connectivity index (χ0v) is 12.2. The van der Waals surface area contributed by atoms with Crippen LogP contribution in [0.15, 0.2) is 18.2 Å². The molecule has 0 radical (unpaired) electrons. The van der Waals surface area contributed by atoms with Crippen molar-refractivity contribution in [2.24, 2.45) is 0 Å². The third-order valence-corrected chi connectivity index (χ3v) is 4.50. The summed E-state index contributed by atoms with van der Waals surface area (Å²) in [5, 5.41) is 12.8. The van der Waals surface area contributed by atoms with Crippen LogP contribution < -0.4 is 5.32 Å². The first kappa shape index (κ1) is 14.6. The number of carbonyl (C=O) groups excluding carboxylic acids is 1. The quantitative estimate of drug-likeness (QED) is 0.665. The highest BCUT2D eigenvalue weighted by Crippen LogP contribution is 2.22. The predicted octanol–water partition coefficient (Wildman–Crippen LogP) is 3.22. The first-order valence-corrected chi connectivity index (χ1v) is 7.76. The van der Waals surface area contributed by atoms with Gasteiger partial charge in [0.15, 0.2) is 0 Å². The normalized spacial score (nSPS) is 24.3. The number of amides is 1. The van der Waals surface area contributed by atoms with Gasteiger partial charge >= 0.3 is 0 Å². The molecule has 2 rings (SSSR count). The van der Waals surface area contributed by atoms with E-state index in [1.807, 2.05) is 6.07 Å². The molecule has 19 heavy (non-hydrogen) atoms. The van der Waals surface area contributed by atoms with Crippen molar-refractivity contribution in [2.45, 2.75) is 44.2 Å². The Balaban J connectivity index is 1.87. The van der Waals surface area contributed by atoms with Gasteiger partial charge in [0.25, 0.3) is 0 Å². The van der Waals surface area contributed by atoms with E-state index in [1.54, 1.807) is 12.1 Å². The minimum Gasteiger partial charge on any atom is -0.391 e. The Morgan fingerprint density at radius 2 is 2.16 bits per heavy atom. The highest BCUT2D eigenvalue weighted by atomic mass is 35.5. The molecule has 1 heterocycles. The number of hydrogen-bond donors (Lipinski definition) is 2. The van der Waals surface area contributed by atoms with Crippen LogP contribution in [-0.2, 0) is 4.79 Å². The number of aliphatic hydroxyl groups is 1. The summed E-state index contributed by atoms with van der Waals surface area (Å²) in [5.74, 6) is -0.157. The SMILES string of the molecule is O=C(/C=C/c1ccc(Cl)s1)NC1CCCCCC1O. The second-order valence-electron chi connectivity index (χ2n) is 4.80. The molecule has 2 unspecified atom stereocenters. The van der Waals surface area contributed by atoms with Crippen molar-refractivity contribution in [1.29, 1.82) is 0 Å². The van der Waals surface area contributed by atoms with Crippen molar-refractivity contribution < 1.29 is 9.90 Å². The average Bonchev–Trinajstić information content (AvgIpc) is 2.69. The number of carbonyl (C=O) groups is 1. The Bertz CT molecular complexity index is 458. The van der Waals surface area contributed by atoms with Gasteiger partial charge in [-0.2, -0.15) is 0 Å². The number of aliphatic hydroxyl groups excluding tert-OH is 1. The van der Waals surface area contributed by atoms with Crippen LogP contribution in [0.25, 0.3) is 6.08 Å². The van der Waals surface area contributed by atoms with Gasteiger partial charge in [0.1, 0.15) is 0 Å². The molecule has 0 spiro atoms. The Morgan fingerprint density at radius 3 is 2.89 bits per heavy atom. The fraction of sp³-hybridized carbons (Fsp3) is 0.500. The topological polar surface area (TPSA) is 49.3 Å². The minimum absolute atomic E-state index is 0.119.